The van der Waals surface area contributed by atoms with Gasteiger partial charge in [-0.1, -0.05) is 18.2 Å². The van der Waals surface area contributed by atoms with Crippen molar-refractivity contribution in [1.29, 1.82) is 0 Å². The van der Waals surface area contributed by atoms with Gasteiger partial charge in [-0.2, -0.15) is 0 Å². The molecule has 1 unspecified atom stereocenters. The van der Waals surface area contributed by atoms with Gasteiger partial charge in [-0.15, -0.1) is 0 Å². The number of aryl methyl sites for hydroxylation is 2. The van der Waals surface area contributed by atoms with Crippen LogP contribution in [0, 0.1) is 13.8 Å². The third kappa shape index (κ3) is 4.14. The van der Waals surface area contributed by atoms with Crippen molar-refractivity contribution in [2.75, 3.05) is 46.5 Å². The summed E-state index contributed by atoms with van der Waals surface area (Å²) in [6, 6.07) is 10.3. The molecule has 2 aromatic heterocycles. The number of hydrogen-bond donors (Lipinski definition) is 1. The van der Waals surface area contributed by atoms with E-state index in [1.165, 1.54) is 0 Å². The van der Waals surface area contributed by atoms with Crippen LogP contribution in [0.2, 0.25) is 0 Å². The Morgan fingerprint density at radius 1 is 1.14 bits per heavy atom. The number of carbonyl (C=O) groups is 2. The summed E-state index contributed by atoms with van der Waals surface area (Å²) in [5.74, 6) is -1.01. The first-order valence-electron chi connectivity index (χ1n) is 12.1. The van der Waals surface area contributed by atoms with Crippen LogP contribution in [0.3, 0.4) is 0 Å². The summed E-state index contributed by atoms with van der Waals surface area (Å²) in [4.78, 5) is 35.1. The van der Waals surface area contributed by atoms with Gasteiger partial charge in [0.15, 0.2) is 5.76 Å². The Kier molecular flexibility index (Phi) is 6.51. The smallest absolute Gasteiger partial charge is 0.295 e. The zero-order valence-electron chi connectivity index (χ0n) is 20.7. The first-order chi connectivity index (χ1) is 17.4. The number of imidazole rings is 1. The summed E-state index contributed by atoms with van der Waals surface area (Å²) in [5.41, 5.74) is 3.35. The average Bonchev–Trinajstić information content (AvgIpc) is 3.37. The SMILES string of the molecule is COc1cccc(C2C(=C(O)c3nc4c(C)cccn4c3C)C(=O)C(=O)N2CCN2CCOCC2)c1. The molecule has 1 atom stereocenters. The number of hydrogen-bond acceptors (Lipinski definition) is 7. The van der Waals surface area contributed by atoms with Crippen LogP contribution in [0.15, 0.2) is 48.2 Å². The predicted molar refractivity (Wildman–Crippen MR) is 134 cm³/mol. The van der Waals surface area contributed by atoms with Crippen molar-refractivity contribution in [3.8, 4) is 5.75 Å². The minimum absolute atomic E-state index is 0.0411. The van der Waals surface area contributed by atoms with Crippen LogP contribution in [0.1, 0.15) is 28.6 Å². The van der Waals surface area contributed by atoms with Gasteiger partial charge in [0.2, 0.25) is 0 Å². The lowest BCUT2D eigenvalue weighted by Crippen LogP contribution is -2.42. The van der Waals surface area contributed by atoms with Crippen LogP contribution >= 0.6 is 0 Å². The molecule has 0 radical (unpaired) electrons. The van der Waals surface area contributed by atoms with Crippen LogP contribution in [0.25, 0.3) is 11.4 Å². The molecule has 5 rings (SSSR count). The van der Waals surface area contributed by atoms with Crippen LogP contribution in [0.5, 0.6) is 5.75 Å². The summed E-state index contributed by atoms with van der Waals surface area (Å²) >= 11 is 0. The van der Waals surface area contributed by atoms with Crippen molar-refractivity contribution in [2.24, 2.45) is 0 Å². The first-order valence-corrected chi connectivity index (χ1v) is 12.1. The number of aliphatic hydroxyl groups is 1. The van der Waals surface area contributed by atoms with E-state index < -0.39 is 17.7 Å². The van der Waals surface area contributed by atoms with Gasteiger partial charge in [0.1, 0.15) is 17.1 Å². The molecule has 0 bridgehead atoms. The molecule has 2 fully saturated rings. The summed E-state index contributed by atoms with van der Waals surface area (Å²) < 4.78 is 12.7. The number of ketones is 1. The second-order valence-corrected chi connectivity index (χ2v) is 9.15. The van der Waals surface area contributed by atoms with E-state index in [0.717, 1.165) is 18.7 Å². The third-order valence-corrected chi connectivity index (χ3v) is 7.02. The second-order valence-electron chi connectivity index (χ2n) is 9.15. The Hall–Kier alpha value is -3.69. The van der Waals surface area contributed by atoms with Gasteiger partial charge in [0, 0.05) is 32.4 Å². The topological polar surface area (TPSA) is 96.6 Å². The molecule has 1 aromatic carbocycles. The number of rotatable bonds is 6. The number of morpholine rings is 1. The molecule has 0 saturated carbocycles. The Labute approximate surface area is 209 Å². The van der Waals surface area contributed by atoms with Gasteiger partial charge < -0.3 is 23.9 Å². The molecule has 0 aliphatic carbocycles. The van der Waals surface area contributed by atoms with Crippen molar-refractivity contribution >= 4 is 23.1 Å². The number of benzene rings is 1. The van der Waals surface area contributed by atoms with E-state index >= 15 is 0 Å². The Balaban J connectivity index is 1.61. The zero-order valence-corrected chi connectivity index (χ0v) is 20.7. The minimum atomic E-state index is -0.758. The number of nitrogens with zero attached hydrogens (tertiary/aromatic N) is 4. The minimum Gasteiger partial charge on any atom is -0.505 e. The van der Waals surface area contributed by atoms with Crippen LogP contribution in [-0.4, -0.2) is 82.5 Å². The molecule has 2 aliphatic heterocycles. The highest BCUT2D eigenvalue weighted by Crippen LogP contribution is 2.40. The fourth-order valence-electron chi connectivity index (χ4n) is 5.02. The predicted octanol–water partition coefficient (Wildman–Crippen LogP) is 2.71. The van der Waals surface area contributed by atoms with Crippen molar-refractivity contribution < 1.29 is 24.2 Å². The van der Waals surface area contributed by atoms with E-state index in [0.29, 0.717) is 54.7 Å². The maximum atomic E-state index is 13.4. The molecule has 2 saturated heterocycles. The maximum Gasteiger partial charge on any atom is 0.295 e. The normalized spacial score (nSPS) is 20.4. The number of aliphatic hydroxyl groups excluding tert-OH is 1. The quantitative estimate of drug-likeness (QED) is 0.322. The molecule has 4 heterocycles. The van der Waals surface area contributed by atoms with Gasteiger partial charge in [0.25, 0.3) is 11.7 Å². The van der Waals surface area contributed by atoms with Gasteiger partial charge in [0.05, 0.1) is 37.6 Å². The fourth-order valence-corrected chi connectivity index (χ4v) is 5.02. The van der Waals surface area contributed by atoms with Crippen molar-refractivity contribution in [3.63, 3.8) is 0 Å². The van der Waals surface area contributed by atoms with E-state index in [4.69, 9.17) is 9.47 Å². The Morgan fingerprint density at radius 3 is 2.64 bits per heavy atom. The van der Waals surface area contributed by atoms with E-state index in [1.807, 2.05) is 48.7 Å². The largest absolute Gasteiger partial charge is 0.505 e. The molecule has 1 amide bonds. The number of likely N-dealkylation sites (tertiary alicyclic amines) is 1. The summed E-state index contributed by atoms with van der Waals surface area (Å²) in [6.07, 6.45) is 1.86. The number of methoxy groups -OCH3 is 1. The van der Waals surface area contributed by atoms with E-state index in [1.54, 1.807) is 24.1 Å². The zero-order chi connectivity index (χ0) is 25.4. The Morgan fingerprint density at radius 2 is 1.92 bits per heavy atom. The van der Waals surface area contributed by atoms with Crippen LogP contribution in [0.4, 0.5) is 0 Å². The van der Waals surface area contributed by atoms with Gasteiger partial charge >= 0.3 is 0 Å². The first kappa shape index (κ1) is 24.0. The standard InChI is InChI=1S/C27H30N4O5/c1-17-6-5-9-30-18(2)22(28-26(17)30)24(32)21-23(19-7-4-8-20(16-19)35-3)31(27(34)25(21)33)11-10-29-12-14-36-15-13-29/h4-9,16,23,32H,10-15H2,1-3H3. The summed E-state index contributed by atoms with van der Waals surface area (Å²) in [5, 5.41) is 11.5. The number of carbonyl (C=O) groups excluding carboxylic acids is 2. The number of pyridine rings is 1. The molecule has 2 aliphatic rings. The molecular weight excluding hydrogens is 460 g/mol. The highest BCUT2D eigenvalue weighted by molar-refractivity contribution is 6.46. The molecule has 1 N–H and O–H groups in total. The van der Waals surface area contributed by atoms with Gasteiger partial charge in [-0.05, 0) is 43.2 Å². The molecule has 9 heteroatoms. The lowest BCUT2D eigenvalue weighted by atomic mass is 9.96. The third-order valence-electron chi connectivity index (χ3n) is 7.02. The molecule has 0 spiro atoms. The van der Waals surface area contributed by atoms with Crippen molar-refractivity contribution in [1.82, 2.24) is 19.2 Å². The molecular formula is C27H30N4O5. The number of aromatic nitrogens is 2. The number of ether oxygens (including phenoxy) is 2. The molecule has 188 valence electrons. The van der Waals surface area contributed by atoms with Crippen molar-refractivity contribution in [3.05, 3.63) is 70.7 Å². The summed E-state index contributed by atoms with van der Waals surface area (Å²) in [6.45, 7) is 7.54. The van der Waals surface area contributed by atoms with Crippen LogP contribution in [-0.2, 0) is 14.3 Å². The molecule has 36 heavy (non-hydrogen) atoms. The van der Waals surface area contributed by atoms with E-state index in [-0.39, 0.29) is 11.3 Å². The lowest BCUT2D eigenvalue weighted by Gasteiger charge is -2.31. The molecule has 3 aromatic rings. The number of amides is 1. The maximum absolute atomic E-state index is 13.4. The highest BCUT2D eigenvalue weighted by atomic mass is 16.5. The van der Waals surface area contributed by atoms with Crippen LogP contribution < -0.4 is 4.74 Å². The lowest BCUT2D eigenvalue weighted by molar-refractivity contribution is -0.140. The number of Topliss-reactive ketones (excluding diaryl/α,β-unsaturated/α-hetero) is 1. The van der Waals surface area contributed by atoms with Gasteiger partial charge in [-0.25, -0.2) is 4.98 Å². The van der Waals surface area contributed by atoms with E-state index in [2.05, 4.69) is 9.88 Å². The highest BCUT2D eigenvalue weighted by Gasteiger charge is 2.46. The number of fused-ring (bicyclic) bond motifs is 1. The monoisotopic (exact) mass is 490 g/mol. The molecule has 9 nitrogen and oxygen atoms in total. The summed E-state index contributed by atoms with van der Waals surface area (Å²) in [7, 11) is 1.57. The van der Waals surface area contributed by atoms with E-state index in [9.17, 15) is 14.7 Å². The Bertz CT molecular complexity index is 1360. The second kappa shape index (κ2) is 9.75. The van der Waals surface area contributed by atoms with Gasteiger partial charge in [-0.3, -0.25) is 14.5 Å². The average molecular weight is 491 g/mol. The van der Waals surface area contributed by atoms with Crippen molar-refractivity contribution in [2.45, 2.75) is 19.9 Å². The fraction of sp³-hybridized carbons (Fsp3) is 0.370.